The highest BCUT2D eigenvalue weighted by molar-refractivity contribution is 5.85. The third-order valence-corrected chi connectivity index (χ3v) is 5.05. The number of nitrogens with zero attached hydrogens (tertiary/aromatic N) is 1. The molecule has 130 valence electrons. The molecule has 3 nitrogen and oxygen atoms in total. The van der Waals surface area contributed by atoms with Gasteiger partial charge in [0, 0.05) is 12.1 Å². The molecule has 0 aliphatic heterocycles. The summed E-state index contributed by atoms with van der Waals surface area (Å²) in [7, 11) is 0. The van der Waals surface area contributed by atoms with E-state index < -0.39 is 0 Å². The minimum atomic E-state index is -0.140. The van der Waals surface area contributed by atoms with E-state index in [-0.39, 0.29) is 36.3 Å². The van der Waals surface area contributed by atoms with Crippen molar-refractivity contribution < 1.29 is 4.79 Å². The van der Waals surface area contributed by atoms with E-state index in [0.29, 0.717) is 6.04 Å². The maximum absolute atomic E-state index is 12.9. The maximum Gasteiger partial charge on any atom is 0.227 e. The van der Waals surface area contributed by atoms with Crippen molar-refractivity contribution in [3.63, 3.8) is 0 Å². The lowest BCUT2D eigenvalue weighted by Gasteiger charge is -2.33. The zero-order valence-corrected chi connectivity index (χ0v) is 15.4. The van der Waals surface area contributed by atoms with Crippen molar-refractivity contribution in [1.82, 2.24) is 4.90 Å². The smallest absolute Gasteiger partial charge is 0.227 e. The molecule has 3 atom stereocenters. The molecule has 1 amide bonds. The minimum absolute atomic E-state index is 0. The fraction of sp³-hybridized carbons (Fsp3) is 0.450. The van der Waals surface area contributed by atoms with Crippen molar-refractivity contribution in [2.45, 2.75) is 51.7 Å². The van der Waals surface area contributed by atoms with Gasteiger partial charge in [0.05, 0.1) is 12.0 Å². The number of carbonyl (C=O) groups is 1. The van der Waals surface area contributed by atoms with Crippen LogP contribution in [0.4, 0.5) is 0 Å². The summed E-state index contributed by atoms with van der Waals surface area (Å²) in [5, 5.41) is 2.46. The summed E-state index contributed by atoms with van der Waals surface area (Å²) < 4.78 is 0. The third-order valence-electron chi connectivity index (χ3n) is 5.05. The van der Waals surface area contributed by atoms with E-state index in [1.807, 2.05) is 13.8 Å². The molecule has 2 aromatic rings. The number of nitrogens with two attached hydrogens (primary N) is 1. The van der Waals surface area contributed by atoms with Crippen LogP contribution in [0.25, 0.3) is 10.8 Å². The molecule has 3 rings (SSSR count). The number of fused-ring (bicyclic) bond motifs is 1. The van der Waals surface area contributed by atoms with Gasteiger partial charge >= 0.3 is 0 Å². The largest absolute Gasteiger partial charge is 0.333 e. The van der Waals surface area contributed by atoms with Crippen LogP contribution in [0.15, 0.2) is 42.5 Å². The van der Waals surface area contributed by atoms with E-state index >= 15 is 0 Å². The molecule has 0 spiro atoms. The van der Waals surface area contributed by atoms with E-state index in [9.17, 15) is 4.79 Å². The Morgan fingerprint density at radius 3 is 2.29 bits per heavy atom. The predicted molar refractivity (Wildman–Crippen MR) is 102 cm³/mol. The van der Waals surface area contributed by atoms with Crippen molar-refractivity contribution in [1.29, 1.82) is 0 Å². The van der Waals surface area contributed by atoms with Gasteiger partial charge in [0.15, 0.2) is 0 Å². The maximum atomic E-state index is 12.9. The minimum Gasteiger partial charge on any atom is -0.333 e. The quantitative estimate of drug-likeness (QED) is 0.877. The Labute approximate surface area is 150 Å². The van der Waals surface area contributed by atoms with Gasteiger partial charge in [0.2, 0.25) is 5.91 Å². The first kappa shape index (κ1) is 18.8. The van der Waals surface area contributed by atoms with E-state index in [1.54, 1.807) is 0 Å². The molecule has 24 heavy (non-hydrogen) atoms. The Hall–Kier alpha value is -1.58. The van der Waals surface area contributed by atoms with Crippen molar-refractivity contribution >= 4 is 29.1 Å². The van der Waals surface area contributed by atoms with Gasteiger partial charge in [0.25, 0.3) is 0 Å². The number of halogens is 1. The van der Waals surface area contributed by atoms with Crippen LogP contribution in [-0.2, 0) is 4.79 Å². The highest BCUT2D eigenvalue weighted by atomic mass is 35.5. The van der Waals surface area contributed by atoms with Crippen LogP contribution in [0.3, 0.4) is 0 Å². The highest BCUT2D eigenvalue weighted by Gasteiger charge is 2.38. The lowest BCUT2D eigenvalue weighted by atomic mass is 9.98. The van der Waals surface area contributed by atoms with E-state index in [0.717, 1.165) is 12.8 Å². The number of rotatable bonds is 5. The molecular formula is C20H27ClN2O. The SMILES string of the molecule is CC(N)C(C)C(=O)N(C1CC1)C(C)c1ccc2ccccc2c1.Cl. The van der Waals surface area contributed by atoms with Crippen molar-refractivity contribution in [2.24, 2.45) is 11.7 Å². The van der Waals surface area contributed by atoms with Crippen LogP contribution in [0.1, 0.15) is 45.2 Å². The summed E-state index contributed by atoms with van der Waals surface area (Å²) in [5.41, 5.74) is 7.16. The fourth-order valence-electron chi connectivity index (χ4n) is 3.13. The van der Waals surface area contributed by atoms with E-state index in [1.165, 1.54) is 16.3 Å². The van der Waals surface area contributed by atoms with Crippen molar-refractivity contribution in [2.75, 3.05) is 0 Å². The van der Waals surface area contributed by atoms with Gasteiger partial charge in [-0.3, -0.25) is 4.79 Å². The first-order valence-electron chi connectivity index (χ1n) is 8.55. The number of hydrogen-bond donors (Lipinski definition) is 1. The Balaban J connectivity index is 0.00000208. The molecule has 4 heteroatoms. The summed E-state index contributed by atoms with van der Waals surface area (Å²) in [4.78, 5) is 15.0. The molecule has 0 saturated heterocycles. The average molecular weight is 347 g/mol. The molecule has 0 aromatic heterocycles. The average Bonchev–Trinajstić information content (AvgIpc) is 3.38. The molecule has 0 heterocycles. The van der Waals surface area contributed by atoms with E-state index in [2.05, 4.69) is 54.3 Å². The molecule has 1 saturated carbocycles. The Kier molecular flexibility index (Phi) is 5.89. The molecular weight excluding hydrogens is 320 g/mol. The second kappa shape index (κ2) is 7.54. The van der Waals surface area contributed by atoms with Crippen LogP contribution in [0, 0.1) is 5.92 Å². The molecule has 2 aromatic carbocycles. The first-order chi connectivity index (χ1) is 11.0. The summed E-state index contributed by atoms with van der Waals surface area (Å²) >= 11 is 0. The van der Waals surface area contributed by atoms with Crippen LogP contribution < -0.4 is 5.73 Å². The van der Waals surface area contributed by atoms with Gasteiger partial charge in [-0.05, 0) is 49.1 Å². The Bertz CT molecular complexity index is 712. The van der Waals surface area contributed by atoms with Crippen LogP contribution >= 0.6 is 12.4 Å². The first-order valence-corrected chi connectivity index (χ1v) is 8.55. The Morgan fingerprint density at radius 2 is 1.71 bits per heavy atom. The zero-order valence-electron chi connectivity index (χ0n) is 14.6. The summed E-state index contributed by atoms with van der Waals surface area (Å²) in [6.45, 7) is 5.98. The van der Waals surface area contributed by atoms with Crippen LogP contribution in [0.2, 0.25) is 0 Å². The van der Waals surface area contributed by atoms with Gasteiger partial charge in [-0.1, -0.05) is 43.3 Å². The monoisotopic (exact) mass is 346 g/mol. The van der Waals surface area contributed by atoms with Crippen LogP contribution in [0.5, 0.6) is 0 Å². The number of amides is 1. The zero-order chi connectivity index (χ0) is 16.6. The summed E-state index contributed by atoms with van der Waals surface area (Å²) in [6, 6.07) is 15.2. The standard InChI is InChI=1S/C20H26N2O.ClH/c1-13(14(2)21)20(23)22(19-10-11-19)15(3)17-9-8-16-6-4-5-7-18(16)12-17;/h4-9,12-15,19H,10-11,21H2,1-3H3;1H. The van der Waals surface area contributed by atoms with Crippen molar-refractivity contribution in [3.8, 4) is 0 Å². The molecule has 1 aliphatic rings. The number of hydrogen-bond acceptors (Lipinski definition) is 2. The second-order valence-corrected chi connectivity index (χ2v) is 6.91. The topological polar surface area (TPSA) is 46.3 Å². The summed E-state index contributed by atoms with van der Waals surface area (Å²) in [6.07, 6.45) is 2.21. The molecule has 0 radical (unpaired) electrons. The van der Waals surface area contributed by atoms with E-state index in [4.69, 9.17) is 5.73 Å². The van der Waals surface area contributed by atoms with Gasteiger partial charge in [0.1, 0.15) is 0 Å². The molecule has 2 N–H and O–H groups in total. The van der Waals surface area contributed by atoms with Gasteiger partial charge < -0.3 is 10.6 Å². The lowest BCUT2D eigenvalue weighted by molar-refractivity contribution is -0.138. The fourth-order valence-corrected chi connectivity index (χ4v) is 3.13. The van der Waals surface area contributed by atoms with Crippen molar-refractivity contribution in [3.05, 3.63) is 48.0 Å². The number of benzene rings is 2. The number of carbonyl (C=O) groups excluding carboxylic acids is 1. The van der Waals surface area contributed by atoms with Gasteiger partial charge in [-0.15, -0.1) is 12.4 Å². The molecule has 1 fully saturated rings. The molecule has 3 unspecified atom stereocenters. The lowest BCUT2D eigenvalue weighted by Crippen LogP contribution is -2.44. The normalized spacial score (nSPS) is 17.7. The Morgan fingerprint density at radius 1 is 1.08 bits per heavy atom. The second-order valence-electron chi connectivity index (χ2n) is 6.91. The molecule has 1 aliphatic carbocycles. The third kappa shape index (κ3) is 3.73. The molecule has 0 bridgehead atoms. The van der Waals surface area contributed by atoms with Gasteiger partial charge in [-0.2, -0.15) is 0 Å². The van der Waals surface area contributed by atoms with Gasteiger partial charge in [-0.25, -0.2) is 0 Å². The summed E-state index contributed by atoms with van der Waals surface area (Å²) in [5.74, 6) is 0.0432. The van der Waals surface area contributed by atoms with Crippen LogP contribution in [-0.4, -0.2) is 22.9 Å². The highest BCUT2D eigenvalue weighted by Crippen LogP contribution is 2.36. The predicted octanol–water partition coefficient (Wildman–Crippen LogP) is 4.30.